The molecule has 3 unspecified atom stereocenters. The molecule has 0 bridgehead atoms. The number of nitrogens with one attached hydrogen (secondary N) is 1. The average Bonchev–Trinajstić information content (AvgIpc) is 3.15. The van der Waals surface area contributed by atoms with Crippen LogP contribution in [0.25, 0.3) is 0 Å². The van der Waals surface area contributed by atoms with Gasteiger partial charge in [0.1, 0.15) is 24.5 Å². The van der Waals surface area contributed by atoms with Gasteiger partial charge in [-0.05, 0) is 29.8 Å². The second kappa shape index (κ2) is 12.8. The number of carboxylic acids is 1. The van der Waals surface area contributed by atoms with Crippen molar-refractivity contribution >= 4 is 41.6 Å². The number of nitrogens with zero attached hydrogens (tertiary/aromatic N) is 1. The summed E-state index contributed by atoms with van der Waals surface area (Å²) in [5, 5.41) is 23.4. The van der Waals surface area contributed by atoms with E-state index in [2.05, 4.69) is 5.32 Å². The molecule has 2 aromatic rings. The molecule has 2 aromatic carbocycles. The molecule has 180 valence electrons. The van der Waals surface area contributed by atoms with Crippen LogP contribution in [0.4, 0.5) is 5.69 Å². The number of ether oxygens (including phenoxy) is 2. The highest BCUT2D eigenvalue weighted by Gasteiger charge is 2.38. The average molecular weight is 499 g/mol. The molecule has 1 fully saturated rings. The van der Waals surface area contributed by atoms with E-state index in [1.165, 1.54) is 6.92 Å². The predicted molar refractivity (Wildman–Crippen MR) is 127 cm³/mol. The van der Waals surface area contributed by atoms with E-state index >= 15 is 0 Å². The van der Waals surface area contributed by atoms with E-state index in [0.29, 0.717) is 36.0 Å². The van der Waals surface area contributed by atoms with Crippen LogP contribution < -0.4 is 10.1 Å². The normalized spacial score (nSPS) is 18.9. The first-order valence-corrected chi connectivity index (χ1v) is 10.7. The lowest BCUT2D eigenvalue weighted by Gasteiger charge is -2.24. The summed E-state index contributed by atoms with van der Waals surface area (Å²) in [4.78, 5) is 24.7. The van der Waals surface area contributed by atoms with Crippen molar-refractivity contribution in [2.75, 3.05) is 25.0 Å². The quantitative estimate of drug-likeness (QED) is 0.461. The minimum absolute atomic E-state index is 0. The van der Waals surface area contributed by atoms with Crippen LogP contribution in [0.3, 0.4) is 0 Å². The van der Waals surface area contributed by atoms with Crippen molar-refractivity contribution in [2.45, 2.75) is 38.2 Å². The molecule has 1 amide bonds. The highest BCUT2D eigenvalue weighted by atomic mass is 35.5. The van der Waals surface area contributed by atoms with Crippen molar-refractivity contribution in [1.29, 1.82) is 0 Å². The van der Waals surface area contributed by atoms with Crippen molar-refractivity contribution in [3.05, 3.63) is 59.1 Å². The molecule has 1 saturated heterocycles. The summed E-state index contributed by atoms with van der Waals surface area (Å²) in [7, 11) is 0. The number of aliphatic carboxylic acids is 1. The summed E-state index contributed by atoms with van der Waals surface area (Å²) >= 11 is 5.89. The van der Waals surface area contributed by atoms with E-state index < -0.39 is 18.1 Å². The lowest BCUT2D eigenvalue weighted by molar-refractivity contribution is -0.142. The van der Waals surface area contributed by atoms with Crippen LogP contribution in [0.15, 0.2) is 48.5 Å². The summed E-state index contributed by atoms with van der Waals surface area (Å²) in [6, 6.07) is 13.5. The Morgan fingerprint density at radius 2 is 1.91 bits per heavy atom. The number of hydrogen-bond acceptors (Lipinski definition) is 6. The van der Waals surface area contributed by atoms with Gasteiger partial charge in [-0.25, -0.2) is 0 Å². The third-order valence-corrected chi connectivity index (χ3v) is 5.38. The fourth-order valence-electron chi connectivity index (χ4n) is 3.63. The Kier molecular flexibility index (Phi) is 10.4. The predicted octanol–water partition coefficient (Wildman–Crippen LogP) is 3.20. The minimum atomic E-state index is -0.952. The van der Waals surface area contributed by atoms with Crippen molar-refractivity contribution in [3.8, 4) is 5.75 Å². The molecule has 0 aromatic heterocycles. The number of benzene rings is 2. The molecule has 1 aliphatic heterocycles. The van der Waals surface area contributed by atoms with Gasteiger partial charge in [0.25, 0.3) is 0 Å². The Morgan fingerprint density at radius 3 is 2.58 bits per heavy atom. The summed E-state index contributed by atoms with van der Waals surface area (Å²) in [5.41, 5.74) is 1.46. The largest absolute Gasteiger partial charge is 0.489 e. The van der Waals surface area contributed by atoms with Gasteiger partial charge in [0.2, 0.25) is 5.91 Å². The molecule has 0 spiro atoms. The topological polar surface area (TPSA) is 108 Å². The molecule has 3 N–H and O–H groups in total. The molecule has 1 aliphatic rings. The van der Waals surface area contributed by atoms with E-state index in [9.17, 15) is 19.8 Å². The van der Waals surface area contributed by atoms with Crippen LogP contribution in [-0.2, 0) is 20.9 Å². The number of aliphatic hydroxyl groups excluding tert-OH is 1. The Labute approximate surface area is 203 Å². The Hall–Kier alpha value is -2.36. The van der Waals surface area contributed by atoms with Crippen molar-refractivity contribution < 1.29 is 29.3 Å². The molecule has 8 nitrogen and oxygen atoms in total. The first-order valence-electron chi connectivity index (χ1n) is 10.3. The highest BCUT2D eigenvalue weighted by molar-refractivity contribution is 6.30. The van der Waals surface area contributed by atoms with E-state index in [0.717, 1.165) is 5.56 Å². The number of hydrogen-bond donors (Lipinski definition) is 3. The van der Waals surface area contributed by atoms with Gasteiger partial charge in [0.05, 0.1) is 18.4 Å². The molecule has 3 atom stereocenters. The van der Waals surface area contributed by atoms with E-state index in [-0.39, 0.29) is 37.6 Å². The zero-order chi connectivity index (χ0) is 23.1. The fourth-order valence-corrected chi connectivity index (χ4v) is 3.76. The van der Waals surface area contributed by atoms with Crippen LogP contribution in [-0.4, -0.2) is 64.9 Å². The minimum Gasteiger partial charge on any atom is -0.489 e. The van der Waals surface area contributed by atoms with Crippen molar-refractivity contribution in [2.24, 2.45) is 0 Å². The van der Waals surface area contributed by atoms with Gasteiger partial charge in [-0.2, -0.15) is 0 Å². The Morgan fingerprint density at radius 1 is 1.21 bits per heavy atom. The monoisotopic (exact) mass is 498 g/mol. The van der Waals surface area contributed by atoms with Gasteiger partial charge in [-0.3, -0.25) is 14.5 Å². The smallest absolute Gasteiger partial charge is 0.321 e. The number of carbonyl (C=O) groups is 2. The number of amides is 1. The number of rotatable bonds is 10. The molecule has 0 saturated carbocycles. The maximum atomic E-state index is 11.7. The van der Waals surface area contributed by atoms with Crippen molar-refractivity contribution in [3.63, 3.8) is 0 Å². The molecule has 10 heteroatoms. The first-order chi connectivity index (χ1) is 15.3. The van der Waals surface area contributed by atoms with Gasteiger partial charge in [-0.15, -0.1) is 12.4 Å². The van der Waals surface area contributed by atoms with Crippen LogP contribution in [0.5, 0.6) is 5.75 Å². The van der Waals surface area contributed by atoms with E-state index in [4.69, 9.17) is 21.1 Å². The van der Waals surface area contributed by atoms with E-state index in [1.807, 2.05) is 12.1 Å². The SMILES string of the molecule is CC(=O)Nc1ccccc1OCC(O)CN1CC(OCc2ccc(Cl)cc2)CC1C(=O)O.Cl. The second-order valence-electron chi connectivity index (χ2n) is 7.75. The number of β-amino-alcohol motifs (C(OH)–C–C–N with tert-alkyl or cyclic N) is 1. The zero-order valence-electron chi connectivity index (χ0n) is 18.1. The van der Waals surface area contributed by atoms with Gasteiger partial charge < -0.3 is 25.0 Å². The maximum Gasteiger partial charge on any atom is 0.321 e. The summed E-state index contributed by atoms with van der Waals surface area (Å²) < 4.78 is 11.6. The number of likely N-dealkylation sites (tertiary alicyclic amines) is 1. The molecular weight excluding hydrogens is 471 g/mol. The van der Waals surface area contributed by atoms with Crippen LogP contribution in [0.1, 0.15) is 18.9 Å². The fraction of sp³-hybridized carbons (Fsp3) is 0.391. The Bertz CT molecular complexity index is 927. The molecule has 33 heavy (non-hydrogen) atoms. The highest BCUT2D eigenvalue weighted by Crippen LogP contribution is 2.25. The standard InChI is InChI=1S/C23H27ClN2O6.ClH/c1-15(27)25-20-4-2-3-5-22(20)32-14-18(28)11-26-12-19(10-21(26)23(29)30)31-13-16-6-8-17(24)9-7-16;/h2-9,18-19,21,28H,10-14H2,1H3,(H,25,27)(H,29,30);1H. The van der Waals surface area contributed by atoms with Crippen LogP contribution in [0, 0.1) is 0 Å². The maximum absolute atomic E-state index is 11.7. The van der Waals surface area contributed by atoms with Gasteiger partial charge >= 0.3 is 5.97 Å². The Balaban J connectivity index is 0.00000385. The number of carboxylic acid groups (broad SMARTS) is 1. The van der Waals surface area contributed by atoms with Gasteiger partial charge in [0, 0.05) is 31.5 Å². The second-order valence-corrected chi connectivity index (χ2v) is 8.18. The number of para-hydroxylation sites is 2. The number of halogens is 2. The number of anilines is 1. The summed E-state index contributed by atoms with van der Waals surface area (Å²) in [5.74, 6) is -0.749. The molecule has 3 rings (SSSR count). The van der Waals surface area contributed by atoms with Crippen molar-refractivity contribution in [1.82, 2.24) is 4.90 Å². The van der Waals surface area contributed by atoms with Crippen LogP contribution in [0.2, 0.25) is 5.02 Å². The van der Waals surface area contributed by atoms with Gasteiger partial charge in [0.15, 0.2) is 0 Å². The summed E-state index contributed by atoms with van der Waals surface area (Å²) in [6.45, 7) is 2.23. The molecule has 1 heterocycles. The van der Waals surface area contributed by atoms with Crippen LogP contribution >= 0.6 is 24.0 Å². The summed E-state index contributed by atoms with van der Waals surface area (Å²) in [6.07, 6.45) is -0.848. The van der Waals surface area contributed by atoms with Gasteiger partial charge in [-0.1, -0.05) is 35.9 Å². The lowest BCUT2D eigenvalue weighted by Crippen LogP contribution is -2.42. The number of aliphatic hydroxyl groups is 1. The lowest BCUT2D eigenvalue weighted by atomic mass is 10.2. The third kappa shape index (κ3) is 8.17. The molecule has 0 aliphatic carbocycles. The first kappa shape index (κ1) is 26.9. The number of carbonyl (C=O) groups excluding carboxylic acids is 1. The third-order valence-electron chi connectivity index (χ3n) is 5.12. The van der Waals surface area contributed by atoms with E-state index in [1.54, 1.807) is 41.3 Å². The zero-order valence-corrected chi connectivity index (χ0v) is 19.7. The molecule has 0 radical (unpaired) electrons. The molecular formula is C23H28Cl2N2O6.